The molecular formula is C11H8ClNO4. The first-order chi connectivity index (χ1) is 8.16. The number of rotatable bonds is 1. The zero-order chi connectivity index (χ0) is 12.0. The lowest BCUT2D eigenvalue weighted by Gasteiger charge is -2.19. The van der Waals surface area contributed by atoms with Crippen LogP contribution >= 0.6 is 11.6 Å². The Bertz CT molecular complexity index is 619. The molecule has 0 aliphatic carbocycles. The van der Waals surface area contributed by atoms with Crippen LogP contribution in [0.4, 0.5) is 0 Å². The fourth-order valence-electron chi connectivity index (χ4n) is 1.85. The standard InChI is InChI=1S/C11H8ClNO4/c12-9-5-3-7(11(14)15)13-6(5)4-8-10(9)17-2-1-16-8/h3-4,13H,1-2H2,(H,14,15). The monoisotopic (exact) mass is 253 g/mol. The van der Waals surface area contributed by atoms with Gasteiger partial charge in [-0.1, -0.05) is 11.6 Å². The summed E-state index contributed by atoms with van der Waals surface area (Å²) in [6, 6.07) is 3.18. The summed E-state index contributed by atoms with van der Waals surface area (Å²) in [4.78, 5) is 13.6. The highest BCUT2D eigenvalue weighted by Crippen LogP contribution is 2.42. The SMILES string of the molecule is O=C(O)c1cc2c(Cl)c3c(cc2[nH]1)OCCO3. The van der Waals surface area contributed by atoms with Crippen LogP contribution in [0, 0.1) is 0 Å². The Labute approximate surface area is 101 Å². The normalized spacial score (nSPS) is 13.9. The fraction of sp³-hybridized carbons (Fsp3) is 0.182. The average molecular weight is 254 g/mol. The van der Waals surface area contributed by atoms with Crippen molar-refractivity contribution in [1.29, 1.82) is 0 Å². The van der Waals surface area contributed by atoms with Crippen molar-refractivity contribution in [2.24, 2.45) is 0 Å². The Kier molecular flexibility index (Phi) is 2.16. The number of hydrogen-bond donors (Lipinski definition) is 2. The summed E-state index contributed by atoms with van der Waals surface area (Å²) in [6.45, 7) is 0.899. The molecule has 1 aromatic heterocycles. The Morgan fingerprint density at radius 1 is 1.35 bits per heavy atom. The van der Waals surface area contributed by atoms with Gasteiger partial charge in [0.2, 0.25) is 0 Å². The molecule has 0 fully saturated rings. The fourth-order valence-corrected chi connectivity index (χ4v) is 2.15. The van der Waals surface area contributed by atoms with Crippen molar-refractivity contribution < 1.29 is 19.4 Å². The van der Waals surface area contributed by atoms with E-state index in [1.54, 1.807) is 6.07 Å². The summed E-state index contributed by atoms with van der Waals surface area (Å²) in [6.07, 6.45) is 0. The molecule has 1 aromatic carbocycles. The minimum absolute atomic E-state index is 0.0873. The van der Waals surface area contributed by atoms with Gasteiger partial charge < -0.3 is 19.6 Å². The number of carboxylic acid groups (broad SMARTS) is 1. The molecule has 0 saturated carbocycles. The first-order valence-corrected chi connectivity index (χ1v) is 5.38. The lowest BCUT2D eigenvalue weighted by molar-refractivity contribution is 0.0691. The highest BCUT2D eigenvalue weighted by molar-refractivity contribution is 6.37. The van der Waals surface area contributed by atoms with Crippen molar-refractivity contribution in [3.63, 3.8) is 0 Å². The summed E-state index contributed by atoms with van der Waals surface area (Å²) >= 11 is 6.16. The molecule has 3 rings (SSSR count). The van der Waals surface area contributed by atoms with Gasteiger partial charge in [-0.3, -0.25) is 0 Å². The molecule has 2 heterocycles. The lowest BCUT2D eigenvalue weighted by Crippen LogP contribution is -2.15. The molecule has 2 aromatic rings. The molecule has 17 heavy (non-hydrogen) atoms. The molecule has 0 amide bonds. The van der Waals surface area contributed by atoms with Gasteiger partial charge in [0.15, 0.2) is 11.5 Å². The topological polar surface area (TPSA) is 71.5 Å². The van der Waals surface area contributed by atoms with E-state index in [-0.39, 0.29) is 5.69 Å². The first kappa shape index (κ1) is 10.3. The molecule has 1 aliphatic heterocycles. The maximum absolute atomic E-state index is 10.9. The predicted octanol–water partition coefficient (Wildman–Crippen LogP) is 2.29. The number of benzene rings is 1. The Morgan fingerprint density at radius 2 is 2.12 bits per heavy atom. The number of hydrogen-bond acceptors (Lipinski definition) is 3. The van der Waals surface area contributed by atoms with Gasteiger partial charge in [-0.2, -0.15) is 0 Å². The number of carbonyl (C=O) groups is 1. The van der Waals surface area contributed by atoms with Gasteiger partial charge >= 0.3 is 5.97 Å². The molecule has 0 spiro atoms. The number of H-pyrrole nitrogens is 1. The van der Waals surface area contributed by atoms with Crippen LogP contribution in [-0.2, 0) is 0 Å². The quantitative estimate of drug-likeness (QED) is 0.818. The summed E-state index contributed by atoms with van der Waals surface area (Å²) in [5.41, 5.74) is 0.709. The average Bonchev–Trinajstić information content (AvgIpc) is 2.74. The van der Waals surface area contributed by atoms with Crippen molar-refractivity contribution in [2.45, 2.75) is 0 Å². The number of fused-ring (bicyclic) bond motifs is 2. The molecule has 2 N–H and O–H groups in total. The summed E-state index contributed by atoms with van der Waals surface area (Å²) in [5.74, 6) is -0.0223. The highest BCUT2D eigenvalue weighted by Gasteiger charge is 2.20. The van der Waals surface area contributed by atoms with Crippen LogP contribution in [0.2, 0.25) is 5.02 Å². The second-order valence-electron chi connectivity index (χ2n) is 3.66. The largest absolute Gasteiger partial charge is 0.486 e. The highest BCUT2D eigenvalue weighted by atomic mass is 35.5. The second-order valence-corrected chi connectivity index (χ2v) is 4.04. The van der Waals surface area contributed by atoms with Gasteiger partial charge in [0.1, 0.15) is 18.9 Å². The third kappa shape index (κ3) is 1.51. The molecule has 1 aliphatic rings. The van der Waals surface area contributed by atoms with E-state index in [2.05, 4.69) is 4.98 Å². The zero-order valence-corrected chi connectivity index (χ0v) is 9.37. The number of ether oxygens (including phenoxy) is 2. The van der Waals surface area contributed by atoms with Gasteiger partial charge in [0, 0.05) is 11.5 Å². The van der Waals surface area contributed by atoms with Crippen molar-refractivity contribution in [3.8, 4) is 11.5 Å². The molecule has 5 nitrogen and oxygen atoms in total. The van der Waals surface area contributed by atoms with Crippen molar-refractivity contribution in [2.75, 3.05) is 13.2 Å². The molecule has 0 saturated heterocycles. The van der Waals surface area contributed by atoms with Crippen LogP contribution in [0.1, 0.15) is 10.5 Å². The molecule has 0 radical (unpaired) electrons. The maximum Gasteiger partial charge on any atom is 0.352 e. The van der Waals surface area contributed by atoms with E-state index in [1.165, 1.54) is 6.07 Å². The predicted molar refractivity (Wildman–Crippen MR) is 61.3 cm³/mol. The van der Waals surface area contributed by atoms with E-state index >= 15 is 0 Å². The zero-order valence-electron chi connectivity index (χ0n) is 8.62. The Morgan fingerprint density at radius 3 is 2.88 bits per heavy atom. The van der Waals surface area contributed by atoms with E-state index < -0.39 is 5.97 Å². The van der Waals surface area contributed by atoms with Gasteiger partial charge in [-0.05, 0) is 6.07 Å². The van der Waals surface area contributed by atoms with E-state index in [1.807, 2.05) is 0 Å². The van der Waals surface area contributed by atoms with Crippen LogP contribution < -0.4 is 9.47 Å². The van der Waals surface area contributed by atoms with Gasteiger partial charge in [-0.25, -0.2) is 4.79 Å². The smallest absolute Gasteiger partial charge is 0.352 e. The first-order valence-electron chi connectivity index (χ1n) is 5.01. The minimum Gasteiger partial charge on any atom is -0.486 e. The molecule has 0 unspecified atom stereocenters. The molecular weight excluding hydrogens is 246 g/mol. The van der Waals surface area contributed by atoms with E-state index in [4.69, 9.17) is 26.2 Å². The van der Waals surface area contributed by atoms with Gasteiger partial charge in [0.25, 0.3) is 0 Å². The second kappa shape index (κ2) is 3.56. The van der Waals surface area contributed by atoms with Crippen LogP contribution in [-0.4, -0.2) is 29.3 Å². The lowest BCUT2D eigenvalue weighted by atomic mass is 10.2. The minimum atomic E-state index is -1.03. The van der Waals surface area contributed by atoms with Gasteiger partial charge in [-0.15, -0.1) is 0 Å². The van der Waals surface area contributed by atoms with Crippen molar-refractivity contribution in [1.82, 2.24) is 4.98 Å². The van der Waals surface area contributed by atoms with Crippen LogP contribution in [0.3, 0.4) is 0 Å². The van der Waals surface area contributed by atoms with Crippen LogP contribution in [0.15, 0.2) is 12.1 Å². The Hall–Kier alpha value is -1.88. The number of nitrogens with one attached hydrogen (secondary N) is 1. The number of aromatic nitrogens is 1. The Balaban J connectivity index is 2.28. The van der Waals surface area contributed by atoms with E-state index in [0.29, 0.717) is 40.6 Å². The molecule has 6 heteroatoms. The van der Waals surface area contributed by atoms with Crippen LogP contribution in [0.5, 0.6) is 11.5 Å². The summed E-state index contributed by atoms with van der Waals surface area (Å²) < 4.78 is 10.8. The third-order valence-electron chi connectivity index (χ3n) is 2.60. The summed E-state index contributed by atoms with van der Waals surface area (Å²) in [7, 11) is 0. The summed E-state index contributed by atoms with van der Waals surface area (Å²) in [5, 5.41) is 9.90. The number of halogens is 1. The number of aromatic amines is 1. The maximum atomic E-state index is 10.9. The molecule has 0 bridgehead atoms. The number of carboxylic acids is 1. The van der Waals surface area contributed by atoms with Gasteiger partial charge in [0.05, 0.1) is 10.5 Å². The van der Waals surface area contributed by atoms with Crippen LogP contribution in [0.25, 0.3) is 10.9 Å². The van der Waals surface area contributed by atoms with Crippen molar-refractivity contribution in [3.05, 3.63) is 22.8 Å². The number of aromatic carboxylic acids is 1. The molecule has 88 valence electrons. The third-order valence-corrected chi connectivity index (χ3v) is 2.98. The van der Waals surface area contributed by atoms with E-state index in [9.17, 15) is 4.79 Å². The van der Waals surface area contributed by atoms with E-state index in [0.717, 1.165) is 0 Å². The molecule has 0 atom stereocenters. The van der Waals surface area contributed by atoms with Crippen molar-refractivity contribution >= 4 is 28.5 Å².